The first kappa shape index (κ1) is 36.3. The number of hydrogen-bond acceptors (Lipinski definition) is 1. The van der Waals surface area contributed by atoms with E-state index in [0.29, 0.717) is 5.92 Å². The van der Waals surface area contributed by atoms with E-state index >= 15 is 0 Å². The van der Waals surface area contributed by atoms with Crippen molar-refractivity contribution in [1.82, 2.24) is 4.57 Å². The van der Waals surface area contributed by atoms with Gasteiger partial charge in [-0.05, 0) is 124 Å². The minimum absolute atomic E-state index is 0.0663. The Hall–Kier alpha value is -7.42. The molecule has 2 fully saturated rings. The summed E-state index contributed by atoms with van der Waals surface area (Å²) in [6, 6.07) is 81.3. The Balaban J connectivity index is 1.09. The highest BCUT2D eigenvalue weighted by Crippen LogP contribution is 2.67. The fourth-order valence-corrected chi connectivity index (χ4v) is 12.4. The number of rotatable bonds is 7. The molecule has 0 saturated heterocycles. The van der Waals surface area contributed by atoms with Crippen molar-refractivity contribution in [2.45, 2.75) is 31.1 Å². The van der Waals surface area contributed by atoms with E-state index in [0.717, 1.165) is 17.3 Å². The van der Waals surface area contributed by atoms with Crippen LogP contribution in [0.3, 0.4) is 0 Å². The van der Waals surface area contributed by atoms with Gasteiger partial charge >= 0.3 is 0 Å². The average Bonchev–Trinajstić information content (AvgIpc) is 4.13. The highest BCUT2D eigenvalue weighted by molar-refractivity contribution is 6.11. The molecule has 0 N–H and O–H groups in total. The molecule has 0 radical (unpaired) electrons. The average molecular weight is 807 g/mol. The first-order chi connectivity index (χ1) is 31.3. The molecule has 0 aliphatic heterocycles. The van der Waals surface area contributed by atoms with Gasteiger partial charge in [-0.2, -0.15) is 0 Å². The zero-order chi connectivity index (χ0) is 41.5. The van der Waals surface area contributed by atoms with Gasteiger partial charge in [-0.1, -0.05) is 176 Å². The maximum atomic E-state index is 2.60. The molecule has 1 aromatic heterocycles. The van der Waals surface area contributed by atoms with Crippen molar-refractivity contribution in [2.75, 3.05) is 4.90 Å². The van der Waals surface area contributed by atoms with Crippen LogP contribution in [0.15, 0.2) is 218 Å². The maximum absolute atomic E-state index is 2.60. The molecule has 2 saturated carbocycles. The van der Waals surface area contributed by atoms with Crippen molar-refractivity contribution >= 4 is 38.9 Å². The molecule has 3 atom stereocenters. The Morgan fingerprint density at radius 2 is 1.02 bits per heavy atom. The van der Waals surface area contributed by atoms with E-state index in [9.17, 15) is 0 Å². The van der Waals surface area contributed by atoms with Crippen molar-refractivity contribution in [1.29, 1.82) is 0 Å². The Morgan fingerprint density at radius 3 is 1.78 bits per heavy atom. The Labute approximate surface area is 369 Å². The lowest BCUT2D eigenvalue weighted by atomic mass is 9.67. The zero-order valence-corrected chi connectivity index (χ0v) is 35.2. The Morgan fingerprint density at radius 1 is 0.429 bits per heavy atom. The predicted molar refractivity (Wildman–Crippen MR) is 263 cm³/mol. The molecule has 10 aromatic rings. The number of fused-ring (bicyclic) bond motifs is 11. The fourth-order valence-electron chi connectivity index (χ4n) is 12.4. The summed E-state index contributed by atoms with van der Waals surface area (Å²) < 4.78 is 2.42. The Kier molecular flexibility index (Phi) is 8.24. The minimum Gasteiger partial charge on any atom is -0.309 e. The molecule has 9 aromatic carbocycles. The molecule has 2 heteroatoms. The van der Waals surface area contributed by atoms with Crippen LogP contribution in [0, 0.1) is 11.8 Å². The second-order valence-corrected chi connectivity index (χ2v) is 18.0. The summed E-state index contributed by atoms with van der Waals surface area (Å²) in [6.07, 6.45) is 5.28. The number of nitrogens with zero attached hydrogens (tertiary/aromatic N) is 2. The van der Waals surface area contributed by atoms with Crippen LogP contribution in [-0.4, -0.2) is 4.57 Å². The molecule has 3 aliphatic carbocycles. The van der Waals surface area contributed by atoms with E-state index in [-0.39, 0.29) is 5.41 Å². The number of hydrogen-bond donors (Lipinski definition) is 0. The van der Waals surface area contributed by atoms with Gasteiger partial charge in [0.2, 0.25) is 0 Å². The van der Waals surface area contributed by atoms with Crippen LogP contribution in [0.2, 0.25) is 0 Å². The van der Waals surface area contributed by atoms with E-state index in [2.05, 4.69) is 228 Å². The highest BCUT2D eigenvalue weighted by atomic mass is 15.1. The van der Waals surface area contributed by atoms with Crippen molar-refractivity contribution in [2.24, 2.45) is 11.8 Å². The van der Waals surface area contributed by atoms with Gasteiger partial charge in [0, 0.05) is 38.7 Å². The van der Waals surface area contributed by atoms with Gasteiger partial charge in [0.05, 0.1) is 22.4 Å². The van der Waals surface area contributed by atoms with Gasteiger partial charge in [-0.15, -0.1) is 0 Å². The van der Waals surface area contributed by atoms with Gasteiger partial charge in [0.1, 0.15) is 0 Å². The highest BCUT2D eigenvalue weighted by Gasteiger charge is 2.57. The van der Waals surface area contributed by atoms with Gasteiger partial charge < -0.3 is 9.47 Å². The maximum Gasteiger partial charge on any atom is 0.0543 e. The first-order valence-electron chi connectivity index (χ1n) is 22.7. The van der Waals surface area contributed by atoms with Crippen molar-refractivity contribution in [3.05, 3.63) is 230 Å². The minimum atomic E-state index is 0.0663. The van der Waals surface area contributed by atoms with Crippen LogP contribution in [-0.2, 0) is 5.41 Å². The van der Waals surface area contributed by atoms with Gasteiger partial charge in [-0.3, -0.25) is 0 Å². The molecule has 63 heavy (non-hydrogen) atoms. The van der Waals surface area contributed by atoms with E-state index in [4.69, 9.17) is 0 Å². The van der Waals surface area contributed by atoms with Crippen molar-refractivity contribution in [3.8, 4) is 50.2 Å². The molecule has 1 heterocycles. The summed E-state index contributed by atoms with van der Waals surface area (Å²) in [5.74, 6) is 1.48. The molecule has 3 aliphatic rings. The summed E-state index contributed by atoms with van der Waals surface area (Å²) in [7, 11) is 0. The third-order valence-electron chi connectivity index (χ3n) is 14.9. The molecule has 0 amide bonds. The van der Waals surface area contributed by atoms with Crippen LogP contribution in [0.25, 0.3) is 72.0 Å². The lowest BCUT2D eigenvalue weighted by molar-refractivity contribution is 0.327. The van der Waals surface area contributed by atoms with Crippen LogP contribution < -0.4 is 4.90 Å². The number of anilines is 3. The monoisotopic (exact) mass is 806 g/mol. The quantitative estimate of drug-likeness (QED) is 0.156. The number of para-hydroxylation sites is 3. The smallest absolute Gasteiger partial charge is 0.0543 e. The molecule has 2 bridgehead atoms. The second-order valence-electron chi connectivity index (χ2n) is 18.0. The lowest BCUT2D eigenvalue weighted by Crippen LogP contribution is -2.31. The summed E-state index contributed by atoms with van der Waals surface area (Å²) >= 11 is 0. The van der Waals surface area contributed by atoms with Crippen LogP contribution in [0.4, 0.5) is 17.1 Å². The molecule has 13 rings (SSSR count). The molecule has 1 spiro atoms. The first-order valence-corrected chi connectivity index (χ1v) is 22.7. The third-order valence-corrected chi connectivity index (χ3v) is 14.9. The van der Waals surface area contributed by atoms with Crippen LogP contribution in [0.5, 0.6) is 0 Å². The second kappa shape index (κ2) is 14.3. The predicted octanol–water partition coefficient (Wildman–Crippen LogP) is 16.3. The van der Waals surface area contributed by atoms with E-state index in [1.165, 1.54) is 114 Å². The lowest BCUT2D eigenvalue weighted by Gasteiger charge is -2.37. The van der Waals surface area contributed by atoms with E-state index in [1.807, 2.05) is 0 Å². The Bertz CT molecular complexity index is 3380. The zero-order valence-electron chi connectivity index (χ0n) is 35.2. The van der Waals surface area contributed by atoms with Gasteiger partial charge in [0.15, 0.2) is 0 Å². The SMILES string of the molecule is c1ccc(-c2ccccc2-c2ccccc2-c2ccccc2N(c2ccc3c(c2)c2ccccc2n3-c2ccccc2)c2cccc3c2-c2ccccc2C32CC3CCC2C3)cc1. The summed E-state index contributed by atoms with van der Waals surface area (Å²) in [6.45, 7) is 0. The fraction of sp³-hybridized carbons (Fsp3) is 0.115. The van der Waals surface area contributed by atoms with Gasteiger partial charge in [0.25, 0.3) is 0 Å². The van der Waals surface area contributed by atoms with E-state index in [1.54, 1.807) is 0 Å². The van der Waals surface area contributed by atoms with Crippen LogP contribution >= 0.6 is 0 Å². The number of aromatic nitrogens is 1. The summed E-state index contributed by atoms with van der Waals surface area (Å²) in [4.78, 5) is 2.60. The molecule has 300 valence electrons. The molecule has 3 unspecified atom stereocenters. The summed E-state index contributed by atoms with van der Waals surface area (Å²) in [5.41, 5.74) is 20.3. The normalized spacial score (nSPS) is 18.3. The standard InChI is InChI=1S/C61H46N2/c1-3-18-42(19-4-1)46-22-7-8-23-47(46)48-24-9-10-25-49(48)50-26-12-15-31-56(50)63(45-36-37-58-53(39-45)51-27-13-16-32-57(51)62(58)44-20-5-2-6-21-44)59-33-17-30-55-60(59)52-28-11-14-29-54(52)61(55)40-41-34-35-43(61)38-41/h1-33,36-37,39,41,43H,34-35,38,40H2. The van der Waals surface area contributed by atoms with Crippen LogP contribution in [0.1, 0.15) is 36.8 Å². The molecular formula is C61H46N2. The molecular weight excluding hydrogens is 761 g/mol. The third kappa shape index (κ3) is 5.44. The summed E-state index contributed by atoms with van der Waals surface area (Å²) in [5, 5.41) is 2.49. The van der Waals surface area contributed by atoms with Gasteiger partial charge in [-0.25, -0.2) is 0 Å². The number of benzene rings is 9. The van der Waals surface area contributed by atoms with Crippen molar-refractivity contribution in [3.63, 3.8) is 0 Å². The topological polar surface area (TPSA) is 8.17 Å². The van der Waals surface area contributed by atoms with E-state index < -0.39 is 0 Å². The largest absolute Gasteiger partial charge is 0.309 e. The van der Waals surface area contributed by atoms with Crippen molar-refractivity contribution < 1.29 is 0 Å². The molecule has 2 nitrogen and oxygen atoms in total.